The number of piperidine rings is 1. The van der Waals surface area contributed by atoms with Crippen LogP contribution in [-0.2, 0) is 7.05 Å². The van der Waals surface area contributed by atoms with Gasteiger partial charge in [-0.1, -0.05) is 18.5 Å². The summed E-state index contributed by atoms with van der Waals surface area (Å²) in [6.45, 7) is 3.85. The summed E-state index contributed by atoms with van der Waals surface area (Å²) in [4.78, 5) is 15.5. The molecule has 0 saturated carbocycles. The Morgan fingerprint density at radius 1 is 1.48 bits per heavy atom. The third kappa shape index (κ3) is 2.99. The highest BCUT2D eigenvalue weighted by molar-refractivity contribution is 7.19. The Labute approximate surface area is 133 Å². The van der Waals surface area contributed by atoms with Crippen LogP contribution in [0.2, 0.25) is 4.34 Å². The minimum absolute atomic E-state index is 0.0334. The molecule has 1 atom stereocenters. The lowest BCUT2D eigenvalue weighted by molar-refractivity contribution is 0.0676. The van der Waals surface area contributed by atoms with Gasteiger partial charge in [0.05, 0.1) is 14.9 Å². The van der Waals surface area contributed by atoms with Crippen molar-refractivity contribution in [2.75, 3.05) is 13.1 Å². The first-order valence-electron chi connectivity index (χ1n) is 7.13. The van der Waals surface area contributed by atoms with Crippen molar-refractivity contribution in [3.05, 3.63) is 28.2 Å². The lowest BCUT2D eigenvalue weighted by atomic mass is 10.00. The number of hydrogen-bond donors (Lipinski definition) is 0. The molecule has 0 spiro atoms. The van der Waals surface area contributed by atoms with Crippen LogP contribution < -0.4 is 0 Å². The van der Waals surface area contributed by atoms with E-state index in [-0.39, 0.29) is 5.91 Å². The smallest absolute Gasteiger partial charge is 0.274 e. The first-order chi connectivity index (χ1) is 10.0. The predicted molar refractivity (Wildman–Crippen MR) is 85.8 cm³/mol. The Bertz CT molecular complexity index is 664. The van der Waals surface area contributed by atoms with E-state index in [1.807, 2.05) is 30.1 Å². The number of halogens is 1. The number of nitrogens with zero attached hydrogens (tertiary/aromatic N) is 3. The minimum Gasteiger partial charge on any atom is -0.337 e. The summed E-state index contributed by atoms with van der Waals surface area (Å²) in [5.74, 6) is 0.605. The van der Waals surface area contributed by atoms with E-state index in [0.29, 0.717) is 11.6 Å². The van der Waals surface area contributed by atoms with Gasteiger partial charge >= 0.3 is 0 Å². The Balaban J connectivity index is 1.85. The average Bonchev–Trinajstić information content (AvgIpc) is 3.04. The van der Waals surface area contributed by atoms with E-state index in [4.69, 9.17) is 11.6 Å². The van der Waals surface area contributed by atoms with Crippen molar-refractivity contribution in [3.8, 4) is 10.6 Å². The highest BCUT2D eigenvalue weighted by Gasteiger charge is 2.24. The number of carbonyl (C=O) groups is 1. The average molecular weight is 324 g/mol. The second-order valence-corrected chi connectivity index (χ2v) is 7.36. The fourth-order valence-corrected chi connectivity index (χ4v) is 3.88. The monoisotopic (exact) mass is 323 g/mol. The largest absolute Gasteiger partial charge is 0.337 e. The zero-order valence-corrected chi connectivity index (χ0v) is 13.7. The van der Waals surface area contributed by atoms with E-state index in [1.54, 1.807) is 4.68 Å². The van der Waals surface area contributed by atoms with E-state index in [2.05, 4.69) is 12.0 Å². The van der Waals surface area contributed by atoms with E-state index < -0.39 is 0 Å². The molecule has 21 heavy (non-hydrogen) atoms. The highest BCUT2D eigenvalue weighted by Crippen LogP contribution is 2.31. The van der Waals surface area contributed by atoms with Gasteiger partial charge in [0.15, 0.2) is 5.69 Å². The number of aromatic nitrogens is 2. The van der Waals surface area contributed by atoms with Crippen LogP contribution in [0.4, 0.5) is 0 Å². The van der Waals surface area contributed by atoms with Gasteiger partial charge < -0.3 is 4.90 Å². The number of hydrogen-bond acceptors (Lipinski definition) is 3. The van der Waals surface area contributed by atoms with E-state index in [9.17, 15) is 4.79 Å². The number of aryl methyl sites for hydroxylation is 1. The van der Waals surface area contributed by atoms with Crippen LogP contribution in [-0.4, -0.2) is 33.7 Å². The Morgan fingerprint density at radius 3 is 2.95 bits per heavy atom. The minimum atomic E-state index is 0.0334. The first-order valence-corrected chi connectivity index (χ1v) is 8.33. The number of amides is 1. The van der Waals surface area contributed by atoms with Crippen LogP contribution in [0.25, 0.3) is 10.6 Å². The molecule has 2 aromatic heterocycles. The number of likely N-dealkylation sites (tertiary alicyclic amines) is 1. The lowest BCUT2D eigenvalue weighted by Crippen LogP contribution is -2.39. The zero-order chi connectivity index (χ0) is 15.0. The lowest BCUT2D eigenvalue weighted by Gasteiger charge is -2.30. The highest BCUT2D eigenvalue weighted by atomic mass is 35.5. The molecule has 1 aliphatic heterocycles. The Hall–Kier alpha value is -1.33. The molecule has 1 amide bonds. The summed E-state index contributed by atoms with van der Waals surface area (Å²) in [5, 5.41) is 4.39. The van der Waals surface area contributed by atoms with Gasteiger partial charge in [-0.3, -0.25) is 9.48 Å². The summed E-state index contributed by atoms with van der Waals surface area (Å²) >= 11 is 7.48. The summed E-state index contributed by atoms with van der Waals surface area (Å²) in [5.41, 5.74) is 1.45. The molecule has 6 heteroatoms. The second-order valence-electron chi connectivity index (χ2n) is 5.64. The van der Waals surface area contributed by atoms with Crippen LogP contribution in [0.3, 0.4) is 0 Å². The van der Waals surface area contributed by atoms with Crippen molar-refractivity contribution >= 4 is 28.8 Å². The first kappa shape index (κ1) is 14.6. The van der Waals surface area contributed by atoms with Gasteiger partial charge in [0.25, 0.3) is 5.91 Å². The van der Waals surface area contributed by atoms with E-state index in [0.717, 1.165) is 34.4 Å². The van der Waals surface area contributed by atoms with Gasteiger partial charge in [0, 0.05) is 20.1 Å². The van der Waals surface area contributed by atoms with Gasteiger partial charge in [-0.15, -0.1) is 11.3 Å². The van der Waals surface area contributed by atoms with Crippen molar-refractivity contribution in [2.24, 2.45) is 13.0 Å². The van der Waals surface area contributed by atoms with Crippen LogP contribution >= 0.6 is 22.9 Å². The molecule has 1 aliphatic rings. The van der Waals surface area contributed by atoms with Crippen LogP contribution in [0.5, 0.6) is 0 Å². The fraction of sp³-hybridized carbons (Fsp3) is 0.467. The van der Waals surface area contributed by atoms with Gasteiger partial charge in [0.2, 0.25) is 0 Å². The number of thiophene rings is 1. The summed E-state index contributed by atoms with van der Waals surface area (Å²) in [7, 11) is 1.86. The van der Waals surface area contributed by atoms with Crippen LogP contribution in [0.1, 0.15) is 30.3 Å². The quantitative estimate of drug-likeness (QED) is 0.845. The maximum absolute atomic E-state index is 12.6. The van der Waals surface area contributed by atoms with Crippen LogP contribution in [0, 0.1) is 5.92 Å². The molecule has 1 unspecified atom stereocenters. The van der Waals surface area contributed by atoms with E-state index >= 15 is 0 Å². The molecule has 4 nitrogen and oxygen atoms in total. The molecule has 3 rings (SSSR count). The molecule has 0 aliphatic carbocycles. The molecule has 3 heterocycles. The Morgan fingerprint density at radius 2 is 2.29 bits per heavy atom. The topological polar surface area (TPSA) is 38.1 Å². The summed E-state index contributed by atoms with van der Waals surface area (Å²) in [6, 6.07) is 5.69. The molecule has 112 valence electrons. The maximum atomic E-state index is 12.6. The van der Waals surface area contributed by atoms with E-state index in [1.165, 1.54) is 17.8 Å². The van der Waals surface area contributed by atoms with Crippen molar-refractivity contribution < 1.29 is 4.79 Å². The van der Waals surface area contributed by atoms with Gasteiger partial charge in [-0.2, -0.15) is 5.10 Å². The summed E-state index contributed by atoms with van der Waals surface area (Å²) in [6.07, 6.45) is 2.28. The van der Waals surface area contributed by atoms with Gasteiger partial charge in [-0.25, -0.2) is 0 Å². The van der Waals surface area contributed by atoms with Crippen LogP contribution in [0.15, 0.2) is 18.2 Å². The second kappa shape index (κ2) is 5.81. The van der Waals surface area contributed by atoms with Crippen molar-refractivity contribution in [1.29, 1.82) is 0 Å². The Kier molecular flexibility index (Phi) is 4.04. The fourth-order valence-electron chi connectivity index (χ4n) is 2.79. The molecular weight excluding hydrogens is 306 g/mol. The molecule has 0 bridgehead atoms. The predicted octanol–water partition coefficient (Wildman–Crippen LogP) is 3.67. The van der Waals surface area contributed by atoms with Crippen molar-refractivity contribution in [2.45, 2.75) is 19.8 Å². The standard InChI is InChI=1S/C15H18ClN3OS/c1-10-4-3-7-19(9-10)15(20)11-8-12(18(2)17-11)13-5-6-14(16)21-13/h5-6,8,10H,3-4,7,9H2,1-2H3. The normalized spacial score (nSPS) is 19.0. The molecule has 2 aromatic rings. The third-order valence-electron chi connectivity index (χ3n) is 3.87. The van der Waals surface area contributed by atoms with Crippen molar-refractivity contribution in [3.63, 3.8) is 0 Å². The van der Waals surface area contributed by atoms with Crippen molar-refractivity contribution in [1.82, 2.24) is 14.7 Å². The molecule has 1 fully saturated rings. The SMILES string of the molecule is CC1CCCN(C(=O)c2cc(-c3ccc(Cl)s3)n(C)n2)C1. The molecule has 0 N–H and O–H groups in total. The zero-order valence-electron chi connectivity index (χ0n) is 12.2. The number of carbonyl (C=O) groups excluding carboxylic acids is 1. The summed E-state index contributed by atoms with van der Waals surface area (Å²) < 4.78 is 2.49. The third-order valence-corrected chi connectivity index (χ3v) is 5.12. The molecular formula is C15H18ClN3OS. The van der Waals surface area contributed by atoms with Gasteiger partial charge in [0.1, 0.15) is 0 Å². The molecule has 1 saturated heterocycles. The van der Waals surface area contributed by atoms with Gasteiger partial charge in [-0.05, 0) is 37.0 Å². The molecule has 0 radical (unpaired) electrons. The number of rotatable bonds is 2. The maximum Gasteiger partial charge on any atom is 0.274 e. The molecule has 0 aromatic carbocycles.